The summed E-state index contributed by atoms with van der Waals surface area (Å²) in [7, 11) is 0. The van der Waals surface area contributed by atoms with E-state index in [1.165, 1.54) is 0 Å². The largest absolute Gasteiger partial charge is 0.456 e. The van der Waals surface area contributed by atoms with Gasteiger partial charge in [-0.3, -0.25) is 5.41 Å². The van der Waals surface area contributed by atoms with Crippen LogP contribution in [0.2, 0.25) is 5.02 Å². The van der Waals surface area contributed by atoms with Crippen molar-refractivity contribution in [2.75, 3.05) is 0 Å². The fourth-order valence-corrected chi connectivity index (χ4v) is 2.29. The zero-order chi connectivity index (χ0) is 15.4. The lowest BCUT2D eigenvalue weighted by molar-refractivity contribution is 0.469. The number of hydrogen-bond donors (Lipinski definition) is 2. The first-order valence-corrected chi connectivity index (χ1v) is 7.31. The van der Waals surface area contributed by atoms with Gasteiger partial charge < -0.3 is 10.5 Å². The Hall–Kier alpha value is -2.00. The van der Waals surface area contributed by atoms with E-state index in [2.05, 4.69) is 19.9 Å². The molecule has 0 bridgehead atoms. The number of halogens is 1. The molecule has 2 aromatic carbocycles. The number of para-hydroxylation sites is 1. The van der Waals surface area contributed by atoms with Gasteiger partial charge in [-0.1, -0.05) is 43.6 Å². The van der Waals surface area contributed by atoms with Crippen LogP contribution in [0.4, 0.5) is 0 Å². The summed E-state index contributed by atoms with van der Waals surface area (Å²) in [5, 5.41) is 8.18. The van der Waals surface area contributed by atoms with E-state index in [1.807, 2.05) is 18.2 Å². The van der Waals surface area contributed by atoms with Crippen LogP contribution in [-0.2, 0) is 0 Å². The van der Waals surface area contributed by atoms with Crippen LogP contribution in [0.5, 0.6) is 11.5 Å². The Balaban J connectivity index is 2.41. The van der Waals surface area contributed by atoms with Gasteiger partial charge >= 0.3 is 0 Å². The van der Waals surface area contributed by atoms with Crippen LogP contribution in [0.3, 0.4) is 0 Å². The van der Waals surface area contributed by atoms with Gasteiger partial charge in [-0.2, -0.15) is 0 Å². The summed E-state index contributed by atoms with van der Waals surface area (Å²) in [5.41, 5.74) is 7.25. The summed E-state index contributed by atoms with van der Waals surface area (Å²) < 4.78 is 6.00. The van der Waals surface area contributed by atoms with E-state index >= 15 is 0 Å². The van der Waals surface area contributed by atoms with Gasteiger partial charge in [-0.25, -0.2) is 0 Å². The Labute approximate surface area is 130 Å². The summed E-state index contributed by atoms with van der Waals surface area (Å²) in [5.74, 6) is 1.67. The molecule has 2 rings (SSSR count). The van der Waals surface area contributed by atoms with E-state index < -0.39 is 0 Å². The fraction of sp³-hybridized carbons (Fsp3) is 0.235. The van der Waals surface area contributed by atoms with Crippen molar-refractivity contribution in [1.82, 2.24) is 0 Å². The number of nitrogens with two attached hydrogens (primary N) is 1. The molecular formula is C17H19ClN2O. The SMILES string of the molecule is CCC(C)c1ccccc1Oc1ccc(Cl)cc1C(=N)N. The number of nitrogen functional groups attached to an aromatic ring is 1. The van der Waals surface area contributed by atoms with Gasteiger partial charge in [0.2, 0.25) is 0 Å². The molecule has 0 heterocycles. The Morgan fingerprint density at radius 1 is 1.24 bits per heavy atom. The van der Waals surface area contributed by atoms with Crippen LogP contribution in [0.15, 0.2) is 42.5 Å². The Bertz CT molecular complexity index is 655. The average Bonchev–Trinajstić information content (AvgIpc) is 2.48. The third kappa shape index (κ3) is 3.56. The van der Waals surface area contributed by atoms with Crippen molar-refractivity contribution in [3.63, 3.8) is 0 Å². The van der Waals surface area contributed by atoms with Crippen LogP contribution < -0.4 is 10.5 Å². The molecule has 3 nitrogen and oxygen atoms in total. The lowest BCUT2D eigenvalue weighted by Gasteiger charge is -2.17. The third-order valence-corrected chi connectivity index (χ3v) is 3.75. The quantitative estimate of drug-likeness (QED) is 0.607. The van der Waals surface area contributed by atoms with Crippen molar-refractivity contribution in [1.29, 1.82) is 5.41 Å². The molecule has 0 aromatic heterocycles. The molecule has 0 aliphatic rings. The molecule has 0 radical (unpaired) electrons. The second kappa shape index (κ2) is 6.64. The summed E-state index contributed by atoms with van der Waals surface area (Å²) >= 11 is 5.96. The predicted octanol–water partition coefficient (Wildman–Crippen LogP) is 4.93. The van der Waals surface area contributed by atoms with Crippen LogP contribution >= 0.6 is 11.6 Å². The van der Waals surface area contributed by atoms with Gasteiger partial charge in [0.05, 0.1) is 5.56 Å². The summed E-state index contributed by atoms with van der Waals surface area (Å²) in [6.45, 7) is 4.31. The first-order chi connectivity index (χ1) is 10.0. The molecule has 1 unspecified atom stereocenters. The van der Waals surface area contributed by atoms with Crippen molar-refractivity contribution in [2.24, 2.45) is 5.73 Å². The normalized spacial score (nSPS) is 12.0. The molecule has 0 spiro atoms. The topological polar surface area (TPSA) is 59.1 Å². The first kappa shape index (κ1) is 15.4. The second-order valence-corrected chi connectivity index (χ2v) is 5.44. The van der Waals surface area contributed by atoms with E-state index in [0.29, 0.717) is 22.3 Å². The van der Waals surface area contributed by atoms with Crippen molar-refractivity contribution in [2.45, 2.75) is 26.2 Å². The molecule has 0 amide bonds. The maximum atomic E-state index is 7.65. The summed E-state index contributed by atoms with van der Waals surface area (Å²) in [6, 6.07) is 13.0. The Kier molecular flexibility index (Phi) is 4.86. The lowest BCUT2D eigenvalue weighted by Crippen LogP contribution is -2.12. The van der Waals surface area contributed by atoms with Gasteiger partial charge in [-0.15, -0.1) is 0 Å². The number of ether oxygens (including phenoxy) is 1. The number of rotatable bonds is 5. The van der Waals surface area contributed by atoms with Gasteiger partial charge in [0.1, 0.15) is 17.3 Å². The number of benzene rings is 2. The monoisotopic (exact) mass is 302 g/mol. The molecule has 110 valence electrons. The maximum Gasteiger partial charge on any atom is 0.138 e. The number of amidine groups is 1. The average molecular weight is 303 g/mol. The maximum absolute atomic E-state index is 7.65. The highest BCUT2D eigenvalue weighted by Gasteiger charge is 2.13. The molecule has 0 fully saturated rings. The lowest BCUT2D eigenvalue weighted by atomic mass is 9.98. The molecule has 0 aliphatic heterocycles. The Morgan fingerprint density at radius 2 is 1.95 bits per heavy atom. The van der Waals surface area contributed by atoms with Crippen LogP contribution in [0.25, 0.3) is 0 Å². The molecule has 2 aromatic rings. The van der Waals surface area contributed by atoms with Crippen LogP contribution in [-0.4, -0.2) is 5.84 Å². The van der Waals surface area contributed by atoms with Gasteiger partial charge in [0.25, 0.3) is 0 Å². The van der Waals surface area contributed by atoms with E-state index in [4.69, 9.17) is 27.5 Å². The van der Waals surface area contributed by atoms with Crippen LogP contribution in [0, 0.1) is 5.41 Å². The van der Waals surface area contributed by atoms with Gasteiger partial charge in [0.15, 0.2) is 0 Å². The molecule has 0 saturated heterocycles. The molecule has 1 atom stereocenters. The summed E-state index contributed by atoms with van der Waals surface area (Å²) in [4.78, 5) is 0. The summed E-state index contributed by atoms with van der Waals surface area (Å²) in [6.07, 6.45) is 1.03. The molecule has 4 heteroatoms. The zero-order valence-electron chi connectivity index (χ0n) is 12.2. The fourth-order valence-electron chi connectivity index (χ4n) is 2.12. The number of hydrogen-bond acceptors (Lipinski definition) is 2. The molecule has 3 N–H and O–H groups in total. The highest BCUT2D eigenvalue weighted by atomic mass is 35.5. The predicted molar refractivity (Wildman–Crippen MR) is 87.7 cm³/mol. The minimum absolute atomic E-state index is 0.0616. The molecule has 0 aliphatic carbocycles. The minimum atomic E-state index is -0.0616. The van der Waals surface area contributed by atoms with E-state index in [-0.39, 0.29) is 5.84 Å². The van der Waals surface area contributed by atoms with Crippen molar-refractivity contribution in [3.05, 3.63) is 58.6 Å². The smallest absolute Gasteiger partial charge is 0.138 e. The highest BCUT2D eigenvalue weighted by Crippen LogP contribution is 2.34. The molecule has 0 saturated carbocycles. The third-order valence-electron chi connectivity index (χ3n) is 3.51. The molecule has 21 heavy (non-hydrogen) atoms. The van der Waals surface area contributed by atoms with E-state index in [9.17, 15) is 0 Å². The van der Waals surface area contributed by atoms with Crippen molar-refractivity contribution >= 4 is 17.4 Å². The molecular weight excluding hydrogens is 284 g/mol. The Morgan fingerprint density at radius 3 is 2.62 bits per heavy atom. The van der Waals surface area contributed by atoms with Crippen molar-refractivity contribution < 1.29 is 4.74 Å². The van der Waals surface area contributed by atoms with Gasteiger partial charge in [0, 0.05) is 5.02 Å². The second-order valence-electron chi connectivity index (χ2n) is 5.00. The van der Waals surface area contributed by atoms with Gasteiger partial charge in [-0.05, 0) is 42.2 Å². The van der Waals surface area contributed by atoms with Crippen molar-refractivity contribution in [3.8, 4) is 11.5 Å². The standard InChI is InChI=1S/C17H19ClN2O/c1-3-11(2)13-6-4-5-7-15(13)21-16-9-8-12(18)10-14(16)17(19)20/h4-11H,3H2,1-2H3,(H3,19,20). The highest BCUT2D eigenvalue weighted by molar-refractivity contribution is 6.31. The van der Waals surface area contributed by atoms with E-state index in [1.54, 1.807) is 18.2 Å². The minimum Gasteiger partial charge on any atom is -0.456 e. The van der Waals surface area contributed by atoms with Crippen LogP contribution in [0.1, 0.15) is 37.3 Å². The first-order valence-electron chi connectivity index (χ1n) is 6.93. The van der Waals surface area contributed by atoms with E-state index in [0.717, 1.165) is 17.7 Å². The zero-order valence-corrected chi connectivity index (χ0v) is 12.9. The number of nitrogens with one attached hydrogen (secondary N) is 1.